The highest BCUT2D eigenvalue weighted by Crippen LogP contribution is 2.29. The molecule has 37 heavy (non-hydrogen) atoms. The van der Waals surface area contributed by atoms with Gasteiger partial charge in [-0.1, -0.05) is 54.1 Å². The summed E-state index contributed by atoms with van der Waals surface area (Å²) in [5, 5.41) is 0.698. The molecule has 1 aliphatic heterocycles. The van der Waals surface area contributed by atoms with Gasteiger partial charge in [-0.25, -0.2) is 9.97 Å². The number of hydrogen-bond acceptors (Lipinski definition) is 5. The topological polar surface area (TPSA) is 66.6 Å². The third-order valence-electron chi connectivity index (χ3n) is 6.76. The Morgan fingerprint density at radius 3 is 2.32 bits per heavy atom. The van der Waals surface area contributed by atoms with Crippen molar-refractivity contribution < 1.29 is 4.79 Å². The highest BCUT2D eigenvalue weighted by atomic mass is 35.5. The van der Waals surface area contributed by atoms with Crippen LogP contribution in [-0.2, 0) is 6.54 Å². The van der Waals surface area contributed by atoms with Gasteiger partial charge in [0, 0.05) is 61.9 Å². The van der Waals surface area contributed by atoms with Gasteiger partial charge < -0.3 is 9.30 Å². The lowest BCUT2D eigenvalue weighted by Gasteiger charge is -2.34. The Bertz CT molecular complexity index is 1530. The number of halogens is 1. The molecule has 8 heteroatoms. The Hall–Kier alpha value is -4.07. The largest absolute Gasteiger partial charge is 0.335 e. The first-order chi connectivity index (χ1) is 18.2. The van der Waals surface area contributed by atoms with Gasteiger partial charge in [0.1, 0.15) is 11.3 Å². The number of amides is 1. The molecule has 0 unspecified atom stereocenters. The molecule has 3 aromatic heterocycles. The Morgan fingerprint density at radius 1 is 0.838 bits per heavy atom. The summed E-state index contributed by atoms with van der Waals surface area (Å²) < 4.78 is 2.20. The lowest BCUT2D eigenvalue weighted by Crippen LogP contribution is -2.48. The normalized spacial score (nSPS) is 14.2. The van der Waals surface area contributed by atoms with Crippen molar-refractivity contribution in [3.63, 3.8) is 0 Å². The van der Waals surface area contributed by atoms with Crippen molar-refractivity contribution in [3.05, 3.63) is 108 Å². The molecule has 0 spiro atoms. The zero-order valence-corrected chi connectivity index (χ0v) is 20.9. The monoisotopic (exact) mass is 508 g/mol. The van der Waals surface area contributed by atoms with Gasteiger partial charge in [-0.2, -0.15) is 0 Å². The average Bonchev–Trinajstić information content (AvgIpc) is 3.32. The van der Waals surface area contributed by atoms with Crippen LogP contribution in [-0.4, -0.2) is 61.2 Å². The quantitative estimate of drug-likeness (QED) is 0.331. The average molecular weight is 509 g/mol. The third kappa shape index (κ3) is 4.83. The van der Waals surface area contributed by atoms with Gasteiger partial charge in [0.05, 0.1) is 17.6 Å². The zero-order chi connectivity index (χ0) is 25.2. The summed E-state index contributed by atoms with van der Waals surface area (Å²) in [5.74, 6) is -0.0723. The van der Waals surface area contributed by atoms with Crippen molar-refractivity contribution in [3.8, 4) is 22.4 Å². The second-order valence-electron chi connectivity index (χ2n) is 9.08. The minimum absolute atomic E-state index is 0.0723. The van der Waals surface area contributed by atoms with E-state index >= 15 is 0 Å². The van der Waals surface area contributed by atoms with E-state index in [4.69, 9.17) is 16.6 Å². The fourth-order valence-electron chi connectivity index (χ4n) is 4.78. The van der Waals surface area contributed by atoms with Crippen molar-refractivity contribution >= 4 is 23.2 Å². The Labute approximate surface area is 220 Å². The molecule has 0 saturated carbocycles. The molecule has 1 fully saturated rings. The molecule has 0 atom stereocenters. The molecule has 4 heterocycles. The Kier molecular flexibility index (Phi) is 6.39. The van der Waals surface area contributed by atoms with Crippen molar-refractivity contribution in [2.45, 2.75) is 6.54 Å². The number of carbonyl (C=O) groups excluding carboxylic acids is 1. The van der Waals surface area contributed by atoms with Gasteiger partial charge in [0.2, 0.25) is 0 Å². The van der Waals surface area contributed by atoms with Crippen molar-refractivity contribution in [1.29, 1.82) is 0 Å². The Balaban J connectivity index is 1.30. The number of benzene rings is 2. The molecule has 0 radical (unpaired) electrons. The number of piperazine rings is 1. The van der Waals surface area contributed by atoms with Crippen LogP contribution in [0.5, 0.6) is 0 Å². The molecule has 0 bridgehead atoms. The molecule has 7 nitrogen and oxygen atoms in total. The summed E-state index contributed by atoms with van der Waals surface area (Å²) in [6.07, 6.45) is 6.82. The predicted molar refractivity (Wildman–Crippen MR) is 144 cm³/mol. The summed E-state index contributed by atoms with van der Waals surface area (Å²) in [5.41, 5.74) is 6.67. The van der Waals surface area contributed by atoms with Crippen molar-refractivity contribution in [2.75, 3.05) is 26.2 Å². The maximum Gasteiger partial charge on any atom is 0.274 e. The van der Waals surface area contributed by atoms with Gasteiger partial charge in [-0.15, -0.1) is 0 Å². The summed E-state index contributed by atoms with van der Waals surface area (Å²) in [7, 11) is 0. The molecule has 184 valence electrons. The standard InChI is InChI=1S/C29H25ClN6O/c30-24-9-6-22(7-10-24)28-26(36-19-23(8-11-27(36)33-28)21-4-2-1-3-5-21)20-34-14-16-35(17-15-34)29(37)25-18-31-12-13-32-25/h1-13,18-19H,14-17,20H2. The van der Waals surface area contributed by atoms with Crippen LogP contribution in [0.2, 0.25) is 5.02 Å². The Morgan fingerprint density at radius 2 is 1.59 bits per heavy atom. The molecular formula is C29H25ClN6O. The number of aromatic nitrogens is 4. The SMILES string of the molecule is O=C(c1cnccn1)N1CCN(Cc2c(-c3ccc(Cl)cc3)nc3ccc(-c4ccccc4)cn23)CC1. The molecule has 6 rings (SSSR count). The summed E-state index contributed by atoms with van der Waals surface area (Å²) >= 11 is 6.17. The van der Waals surface area contributed by atoms with Crippen LogP contribution < -0.4 is 0 Å². The molecule has 5 aromatic rings. The zero-order valence-electron chi connectivity index (χ0n) is 20.2. The molecule has 2 aromatic carbocycles. The second kappa shape index (κ2) is 10.1. The van der Waals surface area contributed by atoms with Gasteiger partial charge in [-0.3, -0.25) is 14.7 Å². The van der Waals surface area contributed by atoms with Gasteiger partial charge in [0.25, 0.3) is 5.91 Å². The number of nitrogens with zero attached hydrogens (tertiary/aromatic N) is 6. The first-order valence-corrected chi connectivity index (χ1v) is 12.6. The number of hydrogen-bond donors (Lipinski definition) is 0. The maximum atomic E-state index is 12.8. The fraction of sp³-hybridized carbons (Fsp3) is 0.172. The van der Waals surface area contributed by atoms with E-state index in [9.17, 15) is 4.79 Å². The molecule has 0 N–H and O–H groups in total. The second-order valence-corrected chi connectivity index (χ2v) is 9.52. The lowest BCUT2D eigenvalue weighted by atomic mass is 10.1. The van der Waals surface area contributed by atoms with E-state index in [1.165, 1.54) is 6.20 Å². The predicted octanol–water partition coefficient (Wildman–Crippen LogP) is 5.07. The molecule has 0 aliphatic carbocycles. The third-order valence-corrected chi connectivity index (χ3v) is 7.01. The van der Waals surface area contributed by atoms with E-state index in [1.54, 1.807) is 12.4 Å². The minimum Gasteiger partial charge on any atom is -0.335 e. The van der Waals surface area contributed by atoms with Crippen LogP contribution in [0.25, 0.3) is 28.0 Å². The van der Waals surface area contributed by atoms with Crippen LogP contribution >= 0.6 is 11.6 Å². The first kappa shape index (κ1) is 23.3. The number of carbonyl (C=O) groups is 1. The number of imidazole rings is 1. The van der Waals surface area contributed by atoms with Crippen molar-refractivity contribution in [2.24, 2.45) is 0 Å². The highest BCUT2D eigenvalue weighted by Gasteiger charge is 2.25. The van der Waals surface area contributed by atoms with Crippen molar-refractivity contribution in [1.82, 2.24) is 29.2 Å². The van der Waals surface area contributed by atoms with E-state index in [2.05, 4.69) is 61.9 Å². The molecule has 1 aliphatic rings. The number of rotatable bonds is 5. The smallest absolute Gasteiger partial charge is 0.274 e. The summed E-state index contributed by atoms with van der Waals surface area (Å²) in [4.78, 5) is 30.2. The summed E-state index contributed by atoms with van der Waals surface area (Å²) in [6, 6.07) is 22.4. The minimum atomic E-state index is -0.0723. The number of fused-ring (bicyclic) bond motifs is 1. The first-order valence-electron chi connectivity index (χ1n) is 12.3. The summed E-state index contributed by atoms with van der Waals surface area (Å²) in [6.45, 7) is 3.51. The van der Waals surface area contributed by atoms with E-state index in [0.29, 0.717) is 30.4 Å². The van der Waals surface area contributed by atoms with E-state index in [0.717, 1.165) is 46.8 Å². The van der Waals surface area contributed by atoms with E-state index in [1.807, 2.05) is 35.2 Å². The molecular weight excluding hydrogens is 484 g/mol. The number of pyridine rings is 1. The van der Waals surface area contributed by atoms with Gasteiger partial charge in [-0.05, 0) is 35.4 Å². The lowest BCUT2D eigenvalue weighted by molar-refractivity contribution is 0.0620. The molecule has 1 saturated heterocycles. The van der Waals surface area contributed by atoms with E-state index < -0.39 is 0 Å². The van der Waals surface area contributed by atoms with Crippen LogP contribution in [0.4, 0.5) is 0 Å². The van der Waals surface area contributed by atoms with Crippen LogP contribution in [0.15, 0.2) is 91.5 Å². The van der Waals surface area contributed by atoms with Gasteiger partial charge in [0.15, 0.2) is 0 Å². The van der Waals surface area contributed by atoms with Crippen LogP contribution in [0, 0.1) is 0 Å². The van der Waals surface area contributed by atoms with E-state index in [-0.39, 0.29) is 5.91 Å². The fourth-order valence-corrected chi connectivity index (χ4v) is 4.90. The molecule has 1 amide bonds. The maximum absolute atomic E-state index is 12.8. The van der Waals surface area contributed by atoms with Gasteiger partial charge >= 0.3 is 0 Å². The highest BCUT2D eigenvalue weighted by molar-refractivity contribution is 6.30. The van der Waals surface area contributed by atoms with Crippen LogP contribution in [0.3, 0.4) is 0 Å². The van der Waals surface area contributed by atoms with Crippen LogP contribution in [0.1, 0.15) is 16.2 Å².